The van der Waals surface area contributed by atoms with Gasteiger partial charge in [0.15, 0.2) is 0 Å². The monoisotopic (exact) mass is 216 g/mol. The second kappa shape index (κ2) is 6.23. The fraction of sp³-hybridized carbons (Fsp3) is 0.357. The Morgan fingerprint density at radius 2 is 2.25 bits per heavy atom. The highest BCUT2D eigenvalue weighted by molar-refractivity contribution is 5.70. The summed E-state index contributed by atoms with van der Waals surface area (Å²) in [6, 6.07) is 6.53. The summed E-state index contributed by atoms with van der Waals surface area (Å²) in [5.74, 6) is 0. The molecule has 0 radical (unpaired) electrons. The van der Waals surface area contributed by atoms with Crippen molar-refractivity contribution in [1.82, 2.24) is 5.32 Å². The van der Waals surface area contributed by atoms with Crippen LogP contribution in [0.25, 0.3) is 5.70 Å². The number of hydrogen-bond acceptors (Lipinski definition) is 2. The lowest BCUT2D eigenvalue weighted by Gasteiger charge is -2.10. The molecule has 0 unspecified atom stereocenters. The first-order valence-electron chi connectivity index (χ1n) is 5.66. The van der Waals surface area contributed by atoms with Gasteiger partial charge in [0.25, 0.3) is 0 Å². The SMILES string of the molecule is C=N/C(=C/C)c1cc(CNC)ccc1CC. The van der Waals surface area contributed by atoms with Gasteiger partial charge in [-0.25, -0.2) is 0 Å². The van der Waals surface area contributed by atoms with Crippen LogP contribution in [0.1, 0.15) is 30.5 Å². The Morgan fingerprint density at radius 1 is 1.50 bits per heavy atom. The van der Waals surface area contributed by atoms with Gasteiger partial charge in [0.1, 0.15) is 0 Å². The topological polar surface area (TPSA) is 24.4 Å². The third-order valence-electron chi connectivity index (χ3n) is 2.66. The van der Waals surface area contributed by atoms with E-state index in [0.29, 0.717) is 0 Å². The molecule has 0 amide bonds. The largest absolute Gasteiger partial charge is 0.316 e. The number of allylic oxidation sites excluding steroid dienone is 1. The maximum Gasteiger partial charge on any atom is 0.0654 e. The van der Waals surface area contributed by atoms with E-state index < -0.39 is 0 Å². The van der Waals surface area contributed by atoms with Crippen molar-refractivity contribution < 1.29 is 0 Å². The Morgan fingerprint density at radius 3 is 2.75 bits per heavy atom. The summed E-state index contributed by atoms with van der Waals surface area (Å²) in [4.78, 5) is 4.08. The highest BCUT2D eigenvalue weighted by Crippen LogP contribution is 2.22. The van der Waals surface area contributed by atoms with Crippen LogP contribution < -0.4 is 5.32 Å². The summed E-state index contributed by atoms with van der Waals surface area (Å²) >= 11 is 0. The molecule has 16 heavy (non-hydrogen) atoms. The average molecular weight is 216 g/mol. The molecule has 0 saturated heterocycles. The molecule has 1 N–H and O–H groups in total. The molecule has 1 aromatic carbocycles. The number of hydrogen-bond donors (Lipinski definition) is 1. The van der Waals surface area contributed by atoms with Crippen LogP contribution in [-0.2, 0) is 13.0 Å². The quantitative estimate of drug-likeness (QED) is 0.752. The van der Waals surface area contributed by atoms with Crippen molar-refractivity contribution in [2.45, 2.75) is 26.8 Å². The molecule has 2 nitrogen and oxygen atoms in total. The number of nitrogens with zero attached hydrogens (tertiary/aromatic N) is 1. The molecule has 0 aliphatic rings. The minimum absolute atomic E-state index is 0.880. The summed E-state index contributed by atoms with van der Waals surface area (Å²) < 4.78 is 0. The zero-order chi connectivity index (χ0) is 12.0. The predicted molar refractivity (Wildman–Crippen MR) is 71.8 cm³/mol. The van der Waals surface area contributed by atoms with Crippen molar-refractivity contribution in [3.63, 3.8) is 0 Å². The molecular weight excluding hydrogens is 196 g/mol. The van der Waals surface area contributed by atoms with Crippen LogP contribution in [0.2, 0.25) is 0 Å². The molecule has 0 aliphatic heterocycles. The fourth-order valence-corrected chi connectivity index (χ4v) is 1.82. The third-order valence-corrected chi connectivity index (χ3v) is 2.66. The van der Waals surface area contributed by atoms with Crippen molar-refractivity contribution in [2.75, 3.05) is 7.05 Å². The number of nitrogens with one attached hydrogen (secondary N) is 1. The molecular formula is C14H20N2. The average Bonchev–Trinajstić information content (AvgIpc) is 2.31. The molecule has 0 atom stereocenters. The van der Waals surface area contributed by atoms with Gasteiger partial charge in [-0.05, 0) is 44.3 Å². The lowest BCUT2D eigenvalue weighted by Crippen LogP contribution is -2.06. The minimum atomic E-state index is 0.880. The van der Waals surface area contributed by atoms with Gasteiger partial charge in [0.05, 0.1) is 5.70 Å². The smallest absolute Gasteiger partial charge is 0.0654 e. The van der Waals surface area contributed by atoms with Crippen molar-refractivity contribution in [3.8, 4) is 0 Å². The van der Waals surface area contributed by atoms with E-state index in [1.165, 1.54) is 16.7 Å². The van der Waals surface area contributed by atoms with Crippen LogP contribution in [-0.4, -0.2) is 13.8 Å². The van der Waals surface area contributed by atoms with Crippen LogP contribution in [0.15, 0.2) is 29.3 Å². The Labute approximate surface area is 98.1 Å². The lowest BCUT2D eigenvalue weighted by molar-refractivity contribution is 0.816. The van der Waals surface area contributed by atoms with Crippen molar-refractivity contribution in [2.24, 2.45) is 4.99 Å². The van der Waals surface area contributed by atoms with Crippen LogP contribution in [0.4, 0.5) is 0 Å². The van der Waals surface area contributed by atoms with E-state index in [1.807, 2.05) is 20.0 Å². The van der Waals surface area contributed by atoms with Crippen LogP contribution in [0.5, 0.6) is 0 Å². The minimum Gasteiger partial charge on any atom is -0.316 e. The predicted octanol–water partition coefficient (Wildman–Crippen LogP) is 3.03. The highest BCUT2D eigenvalue weighted by atomic mass is 14.8. The van der Waals surface area contributed by atoms with E-state index in [2.05, 4.69) is 42.1 Å². The van der Waals surface area contributed by atoms with Gasteiger partial charge < -0.3 is 5.32 Å². The van der Waals surface area contributed by atoms with E-state index in [1.54, 1.807) is 0 Å². The van der Waals surface area contributed by atoms with Crippen LogP contribution in [0, 0.1) is 0 Å². The summed E-state index contributed by atoms with van der Waals surface area (Å²) in [7, 11) is 1.95. The van der Waals surface area contributed by atoms with Gasteiger partial charge in [-0.2, -0.15) is 0 Å². The van der Waals surface area contributed by atoms with E-state index in [9.17, 15) is 0 Å². The van der Waals surface area contributed by atoms with Gasteiger partial charge >= 0.3 is 0 Å². The standard InChI is InChI=1S/C14H20N2/c1-5-12-8-7-11(10-15-3)9-13(12)14(6-2)16-4/h6-9,15H,4-5,10H2,1-3H3/b14-6+. The maximum atomic E-state index is 4.08. The molecule has 0 spiro atoms. The van der Waals surface area contributed by atoms with E-state index in [-0.39, 0.29) is 0 Å². The summed E-state index contributed by atoms with van der Waals surface area (Å²) in [6.45, 7) is 8.66. The molecule has 1 aromatic rings. The summed E-state index contributed by atoms with van der Waals surface area (Å²) in [6.07, 6.45) is 3.02. The zero-order valence-corrected chi connectivity index (χ0v) is 10.4. The molecule has 1 rings (SSSR count). The molecule has 0 saturated carbocycles. The van der Waals surface area contributed by atoms with Crippen molar-refractivity contribution in [3.05, 3.63) is 41.0 Å². The molecule has 0 aromatic heterocycles. The van der Waals surface area contributed by atoms with Crippen molar-refractivity contribution in [1.29, 1.82) is 0 Å². The second-order valence-corrected chi connectivity index (χ2v) is 3.71. The number of rotatable bonds is 5. The molecule has 86 valence electrons. The molecule has 0 aliphatic carbocycles. The number of benzene rings is 1. The van der Waals surface area contributed by atoms with Crippen molar-refractivity contribution >= 4 is 12.4 Å². The lowest BCUT2D eigenvalue weighted by atomic mass is 9.99. The van der Waals surface area contributed by atoms with Gasteiger partial charge in [-0.1, -0.05) is 25.1 Å². The Kier molecular flexibility index (Phi) is 4.93. The summed E-state index contributed by atoms with van der Waals surface area (Å²) in [5.41, 5.74) is 4.76. The first-order chi connectivity index (χ1) is 7.76. The first kappa shape index (κ1) is 12.7. The van der Waals surface area contributed by atoms with Crippen LogP contribution >= 0.6 is 0 Å². The third kappa shape index (κ3) is 2.80. The van der Waals surface area contributed by atoms with Gasteiger partial charge in [0, 0.05) is 12.1 Å². The fourth-order valence-electron chi connectivity index (χ4n) is 1.82. The summed E-state index contributed by atoms with van der Waals surface area (Å²) in [5, 5.41) is 3.16. The van der Waals surface area contributed by atoms with Gasteiger partial charge in [0.2, 0.25) is 0 Å². The van der Waals surface area contributed by atoms with Crippen LogP contribution in [0.3, 0.4) is 0 Å². The van der Waals surface area contributed by atoms with E-state index in [4.69, 9.17) is 0 Å². The van der Waals surface area contributed by atoms with E-state index in [0.717, 1.165) is 18.7 Å². The first-order valence-corrected chi connectivity index (χ1v) is 5.66. The maximum absolute atomic E-state index is 4.08. The van der Waals surface area contributed by atoms with E-state index >= 15 is 0 Å². The zero-order valence-electron chi connectivity index (χ0n) is 10.4. The molecule has 0 fully saturated rings. The number of aryl methyl sites for hydroxylation is 1. The highest BCUT2D eigenvalue weighted by Gasteiger charge is 2.05. The number of aliphatic imine (C=N–C) groups is 1. The Hall–Kier alpha value is -1.41. The Balaban J connectivity index is 3.21. The Bertz CT molecular complexity index is 392. The normalized spacial score (nSPS) is 11.6. The second-order valence-electron chi connectivity index (χ2n) is 3.71. The van der Waals surface area contributed by atoms with Gasteiger partial charge in [-0.15, -0.1) is 0 Å². The molecule has 0 bridgehead atoms. The van der Waals surface area contributed by atoms with Gasteiger partial charge in [-0.3, -0.25) is 4.99 Å². The molecule has 2 heteroatoms. The molecule has 0 heterocycles.